The summed E-state index contributed by atoms with van der Waals surface area (Å²) >= 11 is 5.92. The van der Waals surface area contributed by atoms with Crippen molar-refractivity contribution < 1.29 is 4.74 Å². The molecule has 0 aliphatic carbocycles. The van der Waals surface area contributed by atoms with E-state index >= 15 is 0 Å². The van der Waals surface area contributed by atoms with E-state index < -0.39 is 0 Å². The van der Waals surface area contributed by atoms with Gasteiger partial charge >= 0.3 is 0 Å². The lowest BCUT2D eigenvalue weighted by molar-refractivity contribution is -0.0140. The molecule has 0 saturated carbocycles. The number of ether oxygens (including phenoxy) is 1. The predicted molar refractivity (Wildman–Crippen MR) is 73.6 cm³/mol. The Hall–Kier alpha value is -1.10. The normalized spacial score (nSPS) is 12.2. The minimum atomic E-state index is -0.131. The van der Waals surface area contributed by atoms with Crippen molar-refractivity contribution in [3.63, 3.8) is 0 Å². The van der Waals surface area contributed by atoms with Crippen LogP contribution in [0.2, 0.25) is 5.02 Å². The van der Waals surface area contributed by atoms with Gasteiger partial charge in [0.2, 0.25) is 0 Å². The van der Waals surface area contributed by atoms with Gasteiger partial charge in [-0.3, -0.25) is 5.32 Å². The van der Waals surface area contributed by atoms with E-state index in [1.807, 2.05) is 39.0 Å². The Kier molecular flexibility index (Phi) is 3.90. The van der Waals surface area contributed by atoms with Crippen LogP contribution >= 0.6 is 11.6 Å². The molecule has 0 amide bonds. The molecule has 0 aliphatic rings. The van der Waals surface area contributed by atoms with Crippen molar-refractivity contribution in [2.45, 2.75) is 32.9 Å². The molecule has 0 fully saturated rings. The number of aromatic amines is 1. The van der Waals surface area contributed by atoms with E-state index in [0.717, 1.165) is 16.9 Å². The fourth-order valence-corrected chi connectivity index (χ4v) is 1.73. The summed E-state index contributed by atoms with van der Waals surface area (Å²) in [5.74, 6) is 0.879. The Morgan fingerprint density at radius 2 is 2.17 bits per heavy atom. The first-order valence-corrected chi connectivity index (χ1v) is 6.31. The van der Waals surface area contributed by atoms with Crippen LogP contribution in [-0.2, 0) is 11.3 Å². The fraction of sp³-hybridized carbons (Fsp3) is 0.462. The van der Waals surface area contributed by atoms with Crippen molar-refractivity contribution in [3.8, 4) is 0 Å². The molecule has 2 rings (SSSR count). The van der Waals surface area contributed by atoms with Gasteiger partial charge in [0.15, 0.2) is 0 Å². The number of nitrogens with one attached hydrogen (secondary N) is 2. The summed E-state index contributed by atoms with van der Waals surface area (Å²) in [4.78, 5) is 7.68. The number of nitrogens with zero attached hydrogens (tertiary/aromatic N) is 1. The maximum absolute atomic E-state index is 5.92. The summed E-state index contributed by atoms with van der Waals surface area (Å²) < 4.78 is 5.57. The molecule has 2 aromatic rings. The summed E-state index contributed by atoms with van der Waals surface area (Å²) in [6, 6.07) is 5.62. The van der Waals surface area contributed by atoms with E-state index in [4.69, 9.17) is 16.3 Å². The van der Waals surface area contributed by atoms with E-state index in [2.05, 4.69) is 15.3 Å². The lowest BCUT2D eigenvalue weighted by Crippen LogP contribution is -2.27. The van der Waals surface area contributed by atoms with Gasteiger partial charge in [0.05, 0.1) is 29.9 Å². The zero-order valence-corrected chi connectivity index (χ0v) is 11.6. The molecule has 2 N–H and O–H groups in total. The molecule has 1 heterocycles. The first-order valence-electron chi connectivity index (χ1n) is 5.93. The first kappa shape index (κ1) is 13.3. The predicted octanol–water partition coefficient (Wildman–Crippen LogP) is 3.08. The van der Waals surface area contributed by atoms with E-state index in [0.29, 0.717) is 18.3 Å². The van der Waals surface area contributed by atoms with E-state index in [-0.39, 0.29) is 5.60 Å². The third-order valence-electron chi connectivity index (χ3n) is 2.39. The summed E-state index contributed by atoms with van der Waals surface area (Å²) in [5.41, 5.74) is 1.75. The van der Waals surface area contributed by atoms with Gasteiger partial charge in [-0.1, -0.05) is 11.6 Å². The molecule has 0 bridgehead atoms. The number of hydrogen-bond acceptors (Lipinski definition) is 3. The molecule has 0 spiro atoms. The Bertz CT molecular complexity index is 531. The van der Waals surface area contributed by atoms with Gasteiger partial charge in [-0.15, -0.1) is 0 Å². The topological polar surface area (TPSA) is 49.9 Å². The van der Waals surface area contributed by atoms with Gasteiger partial charge in [0, 0.05) is 5.02 Å². The molecule has 1 aromatic carbocycles. The molecular weight excluding hydrogens is 250 g/mol. The average Bonchev–Trinajstić information content (AvgIpc) is 2.65. The zero-order chi connectivity index (χ0) is 13.2. The SMILES string of the molecule is CC(C)(C)OCNCc1nc2ccc(Cl)cc2[nH]1. The number of rotatable bonds is 4. The van der Waals surface area contributed by atoms with Crippen molar-refractivity contribution in [3.05, 3.63) is 29.0 Å². The lowest BCUT2D eigenvalue weighted by atomic mass is 10.2. The number of fused-ring (bicyclic) bond motifs is 1. The Morgan fingerprint density at radius 3 is 2.89 bits per heavy atom. The van der Waals surface area contributed by atoms with Gasteiger partial charge in [-0.2, -0.15) is 0 Å². The van der Waals surface area contributed by atoms with Crippen LogP contribution < -0.4 is 5.32 Å². The fourth-order valence-electron chi connectivity index (χ4n) is 1.56. The number of hydrogen-bond donors (Lipinski definition) is 2. The maximum Gasteiger partial charge on any atom is 0.121 e. The van der Waals surface area contributed by atoms with Gasteiger partial charge in [-0.05, 0) is 39.0 Å². The van der Waals surface area contributed by atoms with Gasteiger partial charge in [-0.25, -0.2) is 4.98 Å². The van der Waals surface area contributed by atoms with Gasteiger partial charge in [0.25, 0.3) is 0 Å². The molecular formula is C13H18ClN3O. The highest BCUT2D eigenvalue weighted by atomic mass is 35.5. The van der Waals surface area contributed by atoms with Crippen molar-refractivity contribution >= 4 is 22.6 Å². The lowest BCUT2D eigenvalue weighted by Gasteiger charge is -2.19. The van der Waals surface area contributed by atoms with E-state index in [9.17, 15) is 0 Å². The molecule has 0 atom stereocenters. The van der Waals surface area contributed by atoms with Crippen molar-refractivity contribution in [1.82, 2.24) is 15.3 Å². The molecule has 0 aliphatic heterocycles. The zero-order valence-electron chi connectivity index (χ0n) is 10.9. The monoisotopic (exact) mass is 267 g/mol. The van der Waals surface area contributed by atoms with Crippen LogP contribution in [0.25, 0.3) is 11.0 Å². The summed E-state index contributed by atoms with van der Waals surface area (Å²) in [5, 5.41) is 3.89. The van der Waals surface area contributed by atoms with E-state index in [1.165, 1.54) is 0 Å². The molecule has 18 heavy (non-hydrogen) atoms. The number of benzene rings is 1. The van der Waals surface area contributed by atoms with E-state index in [1.54, 1.807) is 0 Å². The Labute approximate surface area is 112 Å². The minimum Gasteiger partial charge on any atom is -0.361 e. The Morgan fingerprint density at radius 1 is 1.39 bits per heavy atom. The highest BCUT2D eigenvalue weighted by molar-refractivity contribution is 6.31. The third kappa shape index (κ3) is 3.70. The largest absolute Gasteiger partial charge is 0.361 e. The molecule has 98 valence electrons. The molecule has 1 aromatic heterocycles. The molecule has 0 radical (unpaired) electrons. The van der Waals surface area contributed by atoms with Crippen LogP contribution in [0.15, 0.2) is 18.2 Å². The second kappa shape index (κ2) is 5.26. The molecule has 5 heteroatoms. The van der Waals surface area contributed by atoms with Crippen LogP contribution in [0.4, 0.5) is 0 Å². The van der Waals surface area contributed by atoms with Crippen molar-refractivity contribution in [1.29, 1.82) is 0 Å². The molecule has 0 saturated heterocycles. The van der Waals surface area contributed by atoms with Gasteiger partial charge < -0.3 is 9.72 Å². The van der Waals surface area contributed by atoms with Crippen molar-refractivity contribution in [2.24, 2.45) is 0 Å². The third-order valence-corrected chi connectivity index (χ3v) is 2.63. The van der Waals surface area contributed by atoms with Crippen LogP contribution in [0.3, 0.4) is 0 Å². The highest BCUT2D eigenvalue weighted by Crippen LogP contribution is 2.17. The van der Waals surface area contributed by atoms with Crippen LogP contribution in [0.1, 0.15) is 26.6 Å². The smallest absolute Gasteiger partial charge is 0.121 e. The number of imidazole rings is 1. The Balaban J connectivity index is 1.92. The number of aromatic nitrogens is 2. The molecule has 4 nitrogen and oxygen atoms in total. The maximum atomic E-state index is 5.92. The van der Waals surface area contributed by atoms with Gasteiger partial charge in [0.1, 0.15) is 5.82 Å². The highest BCUT2D eigenvalue weighted by Gasteiger charge is 2.09. The van der Waals surface area contributed by atoms with Crippen LogP contribution in [0.5, 0.6) is 0 Å². The first-order chi connectivity index (χ1) is 8.44. The number of H-pyrrole nitrogens is 1. The summed E-state index contributed by atoms with van der Waals surface area (Å²) in [6.07, 6.45) is 0. The second-order valence-corrected chi connectivity index (χ2v) is 5.61. The second-order valence-electron chi connectivity index (χ2n) is 5.17. The number of halogens is 1. The minimum absolute atomic E-state index is 0.131. The average molecular weight is 268 g/mol. The van der Waals surface area contributed by atoms with Crippen LogP contribution in [-0.4, -0.2) is 22.3 Å². The van der Waals surface area contributed by atoms with Crippen molar-refractivity contribution in [2.75, 3.05) is 6.73 Å². The molecule has 0 unspecified atom stereocenters. The summed E-state index contributed by atoms with van der Waals surface area (Å²) in [7, 11) is 0. The summed E-state index contributed by atoms with van der Waals surface area (Å²) in [6.45, 7) is 7.22. The quantitative estimate of drug-likeness (QED) is 0.661. The van der Waals surface area contributed by atoms with Crippen LogP contribution in [0, 0.1) is 0 Å². The standard InChI is InChI=1S/C13H18ClN3O/c1-13(2,3)18-8-15-7-12-16-10-5-4-9(14)6-11(10)17-12/h4-6,15H,7-8H2,1-3H3,(H,16,17).